The Morgan fingerprint density at radius 2 is 1.33 bits per heavy atom. The van der Waals surface area contributed by atoms with E-state index < -0.39 is 15.7 Å². The van der Waals surface area contributed by atoms with Crippen LogP contribution in [-0.4, -0.2) is 48.2 Å². The largest absolute Gasteiger partial charge is 0.394 e. The maximum absolute atomic E-state index is 9.52. The third kappa shape index (κ3) is 4.97. The fraction of sp³-hybridized carbons (Fsp3) is 0.273. The van der Waals surface area contributed by atoms with E-state index in [1.165, 1.54) is 37.2 Å². The molecule has 0 fully saturated rings. The lowest BCUT2D eigenvalue weighted by Gasteiger charge is -2.26. The molecule has 0 radical (unpaired) electrons. The summed E-state index contributed by atoms with van der Waals surface area (Å²) in [5.41, 5.74) is -0.678. The molecule has 0 bridgehead atoms. The number of nitrogens with one attached hydrogen (secondary N) is 1. The van der Waals surface area contributed by atoms with Gasteiger partial charge in [-0.2, -0.15) is 8.42 Å². The van der Waals surface area contributed by atoms with Crippen LogP contribution in [0, 0.1) is 0 Å². The van der Waals surface area contributed by atoms with Gasteiger partial charge in [0, 0.05) is 22.2 Å². The van der Waals surface area contributed by atoms with E-state index in [4.69, 9.17) is 4.55 Å². The number of benzene rings is 3. The van der Waals surface area contributed by atoms with Crippen LogP contribution in [0.25, 0.3) is 32.3 Å². The molecule has 0 atom stereocenters. The van der Waals surface area contributed by atoms with E-state index in [1.54, 1.807) is 11.3 Å². The first-order valence-corrected chi connectivity index (χ1v) is 12.1. The number of hydrogen-bond acceptors (Lipinski definition) is 6. The van der Waals surface area contributed by atoms with Crippen LogP contribution in [0.3, 0.4) is 0 Å². The molecule has 4 N–H and O–H groups in total. The summed E-state index contributed by atoms with van der Waals surface area (Å²) in [4.78, 5) is 1.23. The summed E-state index contributed by atoms with van der Waals surface area (Å²) in [6, 6.07) is 17.1. The SMILES string of the molecule is CC(CO)(CO)NCc1scc2c3ccccc3c3ccccc3c12.CS(=O)(=O)O. The molecule has 0 aliphatic rings. The van der Waals surface area contributed by atoms with E-state index in [9.17, 15) is 18.6 Å². The van der Waals surface area contributed by atoms with Crippen molar-refractivity contribution in [1.29, 1.82) is 0 Å². The molecular weight excluding hydrogens is 422 g/mol. The monoisotopic (exact) mass is 447 g/mol. The molecule has 0 aliphatic heterocycles. The summed E-state index contributed by atoms with van der Waals surface area (Å²) in [7, 11) is -3.67. The standard InChI is InChI=1S/C21H21NO2S.CH4O3S/c1-21(12-23,13-24)22-10-19-20-17-9-5-4-7-15(17)14-6-2-3-8-16(14)18(20)11-25-19;1-5(2,3)4/h2-9,11,22-24H,10,12-13H2,1H3;1H3,(H,2,3,4). The molecule has 0 saturated heterocycles. The molecule has 1 heterocycles. The van der Waals surface area contributed by atoms with Gasteiger partial charge in [0.15, 0.2) is 0 Å². The number of hydrogen-bond donors (Lipinski definition) is 4. The van der Waals surface area contributed by atoms with Crippen LogP contribution in [0.2, 0.25) is 0 Å². The Kier molecular flexibility index (Phi) is 6.76. The van der Waals surface area contributed by atoms with Crippen LogP contribution in [0.1, 0.15) is 11.8 Å². The van der Waals surface area contributed by atoms with Crippen LogP contribution in [0.5, 0.6) is 0 Å². The smallest absolute Gasteiger partial charge is 0.261 e. The highest BCUT2D eigenvalue weighted by atomic mass is 32.2. The van der Waals surface area contributed by atoms with Gasteiger partial charge in [0.2, 0.25) is 0 Å². The highest BCUT2D eigenvalue weighted by Gasteiger charge is 2.22. The molecular formula is C22H25NO5S2. The first-order valence-electron chi connectivity index (χ1n) is 9.35. The van der Waals surface area contributed by atoms with Crippen LogP contribution < -0.4 is 5.32 Å². The molecule has 4 aromatic rings. The van der Waals surface area contributed by atoms with E-state index in [2.05, 4.69) is 59.2 Å². The summed E-state index contributed by atoms with van der Waals surface area (Å²) in [5, 5.41) is 32.2. The zero-order valence-electron chi connectivity index (χ0n) is 16.8. The predicted molar refractivity (Wildman–Crippen MR) is 124 cm³/mol. The minimum atomic E-state index is -3.67. The molecule has 3 aromatic carbocycles. The van der Waals surface area contributed by atoms with Gasteiger partial charge in [-0.15, -0.1) is 11.3 Å². The quantitative estimate of drug-likeness (QED) is 0.275. The highest BCUT2D eigenvalue weighted by Crippen LogP contribution is 2.39. The molecule has 4 rings (SSSR count). The number of rotatable bonds is 5. The second-order valence-electron chi connectivity index (χ2n) is 7.50. The van der Waals surface area contributed by atoms with E-state index in [1.807, 2.05) is 6.92 Å². The van der Waals surface area contributed by atoms with Crippen molar-refractivity contribution in [3.8, 4) is 0 Å². The highest BCUT2D eigenvalue weighted by molar-refractivity contribution is 7.85. The van der Waals surface area contributed by atoms with Crippen molar-refractivity contribution in [2.45, 2.75) is 19.0 Å². The van der Waals surface area contributed by atoms with Gasteiger partial charge in [-0.25, -0.2) is 0 Å². The summed E-state index contributed by atoms with van der Waals surface area (Å²) in [6.07, 6.45) is 0.715. The summed E-state index contributed by atoms with van der Waals surface area (Å²) < 4.78 is 25.9. The first-order chi connectivity index (χ1) is 14.2. The molecule has 0 unspecified atom stereocenters. The molecule has 0 aliphatic carbocycles. The maximum Gasteiger partial charge on any atom is 0.261 e. The van der Waals surface area contributed by atoms with E-state index in [0.717, 1.165) is 0 Å². The normalized spacial score (nSPS) is 12.3. The van der Waals surface area contributed by atoms with Gasteiger partial charge in [0.1, 0.15) is 0 Å². The molecule has 30 heavy (non-hydrogen) atoms. The second-order valence-corrected chi connectivity index (χ2v) is 9.93. The van der Waals surface area contributed by atoms with Crippen molar-refractivity contribution in [3.63, 3.8) is 0 Å². The van der Waals surface area contributed by atoms with Crippen molar-refractivity contribution in [2.75, 3.05) is 19.5 Å². The van der Waals surface area contributed by atoms with Crippen LogP contribution in [-0.2, 0) is 16.7 Å². The Labute approximate surface area is 179 Å². The van der Waals surface area contributed by atoms with Gasteiger partial charge in [0.05, 0.1) is 25.0 Å². The van der Waals surface area contributed by atoms with Gasteiger partial charge < -0.3 is 15.5 Å². The fourth-order valence-electron chi connectivity index (χ4n) is 3.37. The van der Waals surface area contributed by atoms with Gasteiger partial charge in [-0.05, 0) is 33.8 Å². The number of fused-ring (bicyclic) bond motifs is 6. The number of aliphatic hydroxyl groups excluding tert-OH is 2. The molecule has 8 heteroatoms. The topological polar surface area (TPSA) is 107 Å². The van der Waals surface area contributed by atoms with E-state index in [-0.39, 0.29) is 13.2 Å². The lowest BCUT2D eigenvalue weighted by molar-refractivity contribution is 0.103. The zero-order valence-corrected chi connectivity index (χ0v) is 18.4. The molecule has 0 spiro atoms. The summed E-state index contributed by atoms with van der Waals surface area (Å²) >= 11 is 1.73. The van der Waals surface area contributed by atoms with Crippen LogP contribution in [0.15, 0.2) is 53.9 Å². The van der Waals surface area contributed by atoms with Crippen molar-refractivity contribution in [2.24, 2.45) is 0 Å². The Bertz CT molecular complexity index is 1270. The van der Waals surface area contributed by atoms with Crippen molar-refractivity contribution >= 4 is 53.8 Å². The van der Waals surface area contributed by atoms with Crippen molar-refractivity contribution in [1.82, 2.24) is 5.32 Å². The fourth-order valence-corrected chi connectivity index (χ4v) is 4.36. The molecule has 0 saturated carbocycles. The summed E-state index contributed by atoms with van der Waals surface area (Å²) in [6.45, 7) is 2.25. The minimum Gasteiger partial charge on any atom is -0.394 e. The summed E-state index contributed by atoms with van der Waals surface area (Å²) in [5.74, 6) is 0. The Morgan fingerprint density at radius 1 is 0.900 bits per heavy atom. The lowest BCUT2D eigenvalue weighted by atomic mass is 9.95. The average Bonchev–Trinajstić information content (AvgIpc) is 3.15. The van der Waals surface area contributed by atoms with Gasteiger partial charge in [-0.1, -0.05) is 48.5 Å². The minimum absolute atomic E-state index is 0.101. The third-order valence-electron chi connectivity index (χ3n) is 4.94. The molecule has 6 nitrogen and oxygen atoms in total. The Balaban J connectivity index is 0.000000461. The lowest BCUT2D eigenvalue weighted by Crippen LogP contribution is -2.48. The Morgan fingerprint density at radius 3 is 1.83 bits per heavy atom. The van der Waals surface area contributed by atoms with E-state index in [0.29, 0.717) is 12.8 Å². The molecule has 0 amide bonds. The van der Waals surface area contributed by atoms with Crippen molar-refractivity contribution < 1.29 is 23.2 Å². The Hall–Kier alpha value is -2.07. The van der Waals surface area contributed by atoms with Crippen molar-refractivity contribution in [3.05, 3.63) is 58.8 Å². The predicted octanol–water partition coefficient (Wildman–Crippen LogP) is 3.54. The molecule has 160 valence electrons. The maximum atomic E-state index is 9.52. The van der Waals surface area contributed by atoms with Gasteiger partial charge in [-0.3, -0.25) is 4.55 Å². The third-order valence-corrected chi connectivity index (χ3v) is 5.93. The average molecular weight is 448 g/mol. The van der Waals surface area contributed by atoms with Crippen LogP contribution >= 0.6 is 11.3 Å². The number of thiophene rings is 1. The zero-order chi connectivity index (χ0) is 21.9. The van der Waals surface area contributed by atoms with Crippen LogP contribution in [0.4, 0.5) is 0 Å². The molecule has 1 aromatic heterocycles. The number of aliphatic hydroxyl groups is 2. The second kappa shape index (κ2) is 8.97. The van der Waals surface area contributed by atoms with Gasteiger partial charge >= 0.3 is 0 Å². The van der Waals surface area contributed by atoms with Gasteiger partial charge in [0.25, 0.3) is 10.1 Å². The van der Waals surface area contributed by atoms with E-state index >= 15 is 0 Å². The first kappa shape index (κ1) is 22.6.